The number of nitrogens with zero attached hydrogens (tertiary/aromatic N) is 3. The number of carbonyl (C=O) groups is 1. The minimum atomic E-state index is -0.694. The maximum absolute atomic E-state index is 12.0. The van der Waals surface area contributed by atoms with Crippen LogP contribution in [-0.2, 0) is 4.79 Å². The normalized spacial score (nSPS) is 11.0. The lowest BCUT2D eigenvalue weighted by Crippen LogP contribution is -2.19. The molecule has 0 bridgehead atoms. The van der Waals surface area contributed by atoms with Crippen molar-refractivity contribution in [3.8, 4) is 5.75 Å². The Hall–Kier alpha value is -3.46. The lowest BCUT2D eigenvalue weighted by Gasteiger charge is -2.04. The highest BCUT2D eigenvalue weighted by Gasteiger charge is 2.12. The summed E-state index contributed by atoms with van der Waals surface area (Å²) < 4.78 is 0. The Labute approximate surface area is 158 Å². The molecular formula is C18H14N4O4S. The van der Waals surface area contributed by atoms with Crippen LogP contribution in [0.1, 0.15) is 5.56 Å². The number of nitro benzene ring substituents is 1. The number of nitrogens with one attached hydrogen (secondary N) is 1. The Bertz CT molecular complexity index is 1030. The van der Waals surface area contributed by atoms with Gasteiger partial charge in [0.05, 0.1) is 22.4 Å². The third kappa shape index (κ3) is 4.59. The topological polar surface area (TPSA) is 118 Å². The second-order valence-corrected chi connectivity index (χ2v) is 6.44. The van der Waals surface area contributed by atoms with Gasteiger partial charge in [0, 0.05) is 28.1 Å². The highest BCUT2D eigenvalue weighted by Crippen LogP contribution is 2.26. The molecule has 136 valence electrons. The van der Waals surface area contributed by atoms with Crippen molar-refractivity contribution < 1.29 is 14.8 Å². The molecular weight excluding hydrogens is 368 g/mol. The van der Waals surface area contributed by atoms with E-state index in [-0.39, 0.29) is 11.7 Å². The largest absolute Gasteiger partial charge is 0.502 e. The minimum Gasteiger partial charge on any atom is -0.502 e. The number of phenols is 1. The van der Waals surface area contributed by atoms with Crippen LogP contribution in [0.4, 0.5) is 5.69 Å². The lowest BCUT2D eigenvalue weighted by atomic mass is 10.2. The molecule has 0 radical (unpaired) electrons. The molecule has 0 saturated heterocycles. The minimum absolute atomic E-state index is 0.142. The number of hydrogen-bond donors (Lipinski definition) is 2. The molecule has 0 atom stereocenters. The number of aromatic hydroxyl groups is 1. The fraction of sp³-hybridized carbons (Fsp3) is 0.0556. The summed E-state index contributed by atoms with van der Waals surface area (Å²) in [5.74, 6) is -0.610. The van der Waals surface area contributed by atoms with Crippen molar-refractivity contribution in [2.75, 3.05) is 5.75 Å². The van der Waals surface area contributed by atoms with Crippen molar-refractivity contribution in [1.29, 1.82) is 0 Å². The summed E-state index contributed by atoms with van der Waals surface area (Å²) in [5.41, 5.74) is 3.15. The second-order valence-electron chi connectivity index (χ2n) is 5.42. The van der Waals surface area contributed by atoms with E-state index in [1.165, 1.54) is 36.2 Å². The van der Waals surface area contributed by atoms with Crippen molar-refractivity contribution in [3.63, 3.8) is 0 Å². The standard InChI is InChI=1S/C18H14N4O4S/c23-15-7-6-12(9-14(15)22(25)26)10-20-21-17(24)11-27-16-5-1-3-13-4-2-8-19-18(13)16/h1-10,23H,11H2,(H,21,24)/b20-10-. The molecule has 3 aromatic rings. The van der Waals surface area contributed by atoms with Crippen molar-refractivity contribution in [3.05, 3.63) is 70.4 Å². The van der Waals surface area contributed by atoms with Gasteiger partial charge in [-0.2, -0.15) is 5.10 Å². The SMILES string of the molecule is O=C(CSc1cccc2cccnc12)N/N=C\c1ccc(O)c([N+](=O)[O-])c1. The van der Waals surface area contributed by atoms with Crippen LogP contribution in [-0.4, -0.2) is 32.9 Å². The third-order valence-electron chi connectivity index (χ3n) is 3.55. The number of pyridine rings is 1. The first-order valence-electron chi connectivity index (χ1n) is 7.80. The lowest BCUT2D eigenvalue weighted by molar-refractivity contribution is -0.385. The molecule has 0 aliphatic carbocycles. The highest BCUT2D eigenvalue weighted by atomic mass is 32.2. The Balaban J connectivity index is 1.59. The van der Waals surface area contributed by atoms with Crippen LogP contribution in [0.15, 0.2) is 64.7 Å². The van der Waals surface area contributed by atoms with Crippen molar-refractivity contribution >= 4 is 40.5 Å². The number of phenolic OH excluding ortho intramolecular Hbond substituents is 1. The van der Waals surface area contributed by atoms with Crippen LogP contribution >= 0.6 is 11.8 Å². The molecule has 1 heterocycles. The van der Waals surface area contributed by atoms with Gasteiger partial charge >= 0.3 is 5.69 Å². The first kappa shape index (κ1) is 18.3. The van der Waals surface area contributed by atoms with E-state index >= 15 is 0 Å². The van der Waals surface area contributed by atoms with Gasteiger partial charge in [0.15, 0.2) is 5.75 Å². The third-order valence-corrected chi connectivity index (χ3v) is 4.60. The molecule has 0 unspecified atom stereocenters. The summed E-state index contributed by atoms with van der Waals surface area (Å²) in [7, 11) is 0. The average molecular weight is 382 g/mol. The van der Waals surface area contributed by atoms with E-state index in [9.17, 15) is 20.0 Å². The molecule has 0 saturated carbocycles. The maximum Gasteiger partial charge on any atom is 0.311 e. The first-order valence-corrected chi connectivity index (χ1v) is 8.79. The molecule has 0 spiro atoms. The summed E-state index contributed by atoms with van der Waals surface area (Å²) in [6, 6.07) is 13.4. The van der Waals surface area contributed by atoms with E-state index in [1.54, 1.807) is 6.20 Å². The van der Waals surface area contributed by atoms with Gasteiger partial charge in [-0.3, -0.25) is 19.9 Å². The fourth-order valence-electron chi connectivity index (χ4n) is 2.31. The van der Waals surface area contributed by atoms with Crippen LogP contribution in [0.5, 0.6) is 5.75 Å². The van der Waals surface area contributed by atoms with Gasteiger partial charge in [-0.1, -0.05) is 18.2 Å². The predicted octanol–water partition coefficient (Wildman–Crippen LogP) is 3.09. The van der Waals surface area contributed by atoms with Gasteiger partial charge in [0.25, 0.3) is 0 Å². The molecule has 0 aliphatic rings. The Morgan fingerprint density at radius 3 is 2.93 bits per heavy atom. The zero-order valence-corrected chi connectivity index (χ0v) is 14.7. The summed E-state index contributed by atoms with van der Waals surface area (Å²) in [6.45, 7) is 0. The van der Waals surface area contributed by atoms with Crippen LogP contribution in [0.3, 0.4) is 0 Å². The van der Waals surface area contributed by atoms with Gasteiger partial charge < -0.3 is 5.11 Å². The number of thioether (sulfide) groups is 1. The first-order chi connectivity index (χ1) is 13.0. The average Bonchev–Trinajstić information content (AvgIpc) is 2.67. The van der Waals surface area contributed by atoms with Crippen LogP contribution in [0.2, 0.25) is 0 Å². The highest BCUT2D eigenvalue weighted by molar-refractivity contribution is 8.00. The molecule has 2 N–H and O–H groups in total. The van der Waals surface area contributed by atoms with E-state index in [4.69, 9.17) is 0 Å². The van der Waals surface area contributed by atoms with Gasteiger partial charge in [-0.05, 0) is 24.3 Å². The quantitative estimate of drug-likeness (QED) is 0.293. The van der Waals surface area contributed by atoms with Gasteiger partial charge in [0.1, 0.15) is 0 Å². The molecule has 2 aromatic carbocycles. The Kier molecular flexibility index (Phi) is 5.62. The van der Waals surface area contributed by atoms with E-state index in [1.807, 2.05) is 30.3 Å². The van der Waals surface area contributed by atoms with Crippen molar-refractivity contribution in [1.82, 2.24) is 10.4 Å². The van der Waals surface area contributed by atoms with Gasteiger partial charge in [0.2, 0.25) is 5.91 Å². The summed E-state index contributed by atoms with van der Waals surface area (Å²) in [6.07, 6.45) is 2.97. The van der Waals surface area contributed by atoms with Crippen LogP contribution in [0.25, 0.3) is 10.9 Å². The molecule has 3 rings (SSSR count). The molecule has 9 heteroatoms. The van der Waals surface area contributed by atoms with Crippen LogP contribution < -0.4 is 5.43 Å². The fourth-order valence-corrected chi connectivity index (χ4v) is 3.15. The smallest absolute Gasteiger partial charge is 0.311 e. The number of benzene rings is 2. The summed E-state index contributed by atoms with van der Waals surface area (Å²) in [5, 5.41) is 25.0. The molecule has 0 fully saturated rings. The zero-order valence-electron chi connectivity index (χ0n) is 13.9. The summed E-state index contributed by atoms with van der Waals surface area (Å²) >= 11 is 1.34. The number of carbonyl (C=O) groups excluding carboxylic acids is 1. The summed E-state index contributed by atoms with van der Waals surface area (Å²) in [4.78, 5) is 27.3. The predicted molar refractivity (Wildman–Crippen MR) is 103 cm³/mol. The van der Waals surface area contributed by atoms with Crippen molar-refractivity contribution in [2.24, 2.45) is 5.10 Å². The maximum atomic E-state index is 12.0. The van der Waals surface area contributed by atoms with E-state index < -0.39 is 16.4 Å². The number of amides is 1. The molecule has 27 heavy (non-hydrogen) atoms. The number of aromatic nitrogens is 1. The number of hydrazone groups is 1. The molecule has 1 aromatic heterocycles. The van der Waals surface area contributed by atoms with Crippen LogP contribution in [0, 0.1) is 10.1 Å². The second kappa shape index (κ2) is 8.28. The number of para-hydroxylation sites is 1. The Morgan fingerprint density at radius 1 is 1.30 bits per heavy atom. The number of rotatable bonds is 6. The number of hydrogen-bond acceptors (Lipinski definition) is 7. The number of fused-ring (bicyclic) bond motifs is 1. The number of nitro groups is 1. The van der Waals surface area contributed by atoms with E-state index in [2.05, 4.69) is 15.5 Å². The van der Waals surface area contributed by atoms with Gasteiger partial charge in [-0.15, -0.1) is 11.8 Å². The van der Waals surface area contributed by atoms with Gasteiger partial charge in [-0.25, -0.2) is 5.43 Å². The monoisotopic (exact) mass is 382 g/mol. The van der Waals surface area contributed by atoms with E-state index in [0.717, 1.165) is 15.8 Å². The van der Waals surface area contributed by atoms with Crippen molar-refractivity contribution in [2.45, 2.75) is 4.90 Å². The Morgan fingerprint density at radius 2 is 2.11 bits per heavy atom. The van der Waals surface area contributed by atoms with E-state index in [0.29, 0.717) is 5.56 Å². The molecule has 1 amide bonds. The molecule has 8 nitrogen and oxygen atoms in total. The molecule has 0 aliphatic heterocycles. The zero-order chi connectivity index (χ0) is 19.2.